The lowest BCUT2D eigenvalue weighted by Gasteiger charge is -2.04. The van der Waals surface area contributed by atoms with E-state index in [2.05, 4.69) is 13.2 Å². The Hall–Kier alpha value is -1.25. The van der Waals surface area contributed by atoms with Gasteiger partial charge < -0.3 is 9.47 Å². The van der Waals surface area contributed by atoms with E-state index in [0.29, 0.717) is 19.6 Å². The molecule has 0 saturated heterocycles. The fraction of sp³-hybridized carbons (Fsp3) is 0.615. The van der Waals surface area contributed by atoms with Gasteiger partial charge in [0, 0.05) is 6.42 Å². The molecule has 0 atom stereocenters. The standard InChI is InChI=1S/C13H22O3/c1-3-5-6-8-12-16-13(14)10-7-9-11-15-4-2/h3-4H,1-2,5-12H2. The van der Waals surface area contributed by atoms with Crippen molar-refractivity contribution in [2.24, 2.45) is 0 Å². The summed E-state index contributed by atoms with van der Waals surface area (Å²) in [6, 6.07) is 0. The molecule has 0 radical (unpaired) electrons. The average Bonchev–Trinajstić information content (AvgIpc) is 2.28. The van der Waals surface area contributed by atoms with Gasteiger partial charge in [0.05, 0.1) is 19.5 Å². The summed E-state index contributed by atoms with van der Waals surface area (Å²) < 4.78 is 10.0. The van der Waals surface area contributed by atoms with Crippen LogP contribution in [0.5, 0.6) is 0 Å². The molecule has 0 rings (SSSR count). The molecule has 92 valence electrons. The molecule has 0 N–H and O–H groups in total. The van der Waals surface area contributed by atoms with E-state index >= 15 is 0 Å². The molecular formula is C13H22O3. The van der Waals surface area contributed by atoms with E-state index in [4.69, 9.17) is 9.47 Å². The van der Waals surface area contributed by atoms with Crippen molar-refractivity contribution in [3.63, 3.8) is 0 Å². The zero-order valence-corrected chi connectivity index (χ0v) is 9.95. The first kappa shape index (κ1) is 14.8. The average molecular weight is 226 g/mol. The molecule has 0 aliphatic carbocycles. The van der Waals surface area contributed by atoms with Crippen molar-refractivity contribution in [3.05, 3.63) is 25.5 Å². The van der Waals surface area contributed by atoms with Crippen LogP contribution in [0.3, 0.4) is 0 Å². The highest BCUT2D eigenvalue weighted by Crippen LogP contribution is 2.01. The Morgan fingerprint density at radius 3 is 2.50 bits per heavy atom. The number of carbonyl (C=O) groups is 1. The Kier molecular flexibility index (Phi) is 10.9. The Bertz CT molecular complexity index is 179. The summed E-state index contributed by atoms with van der Waals surface area (Å²) in [5.41, 5.74) is 0. The van der Waals surface area contributed by atoms with Gasteiger partial charge in [-0.3, -0.25) is 4.79 Å². The fourth-order valence-electron chi connectivity index (χ4n) is 1.19. The SMILES string of the molecule is C=CCCCCOC(=O)CCCCOC=C. The first-order valence-corrected chi connectivity index (χ1v) is 5.80. The van der Waals surface area contributed by atoms with Crippen LogP contribution < -0.4 is 0 Å². The van der Waals surface area contributed by atoms with Crippen molar-refractivity contribution < 1.29 is 14.3 Å². The monoisotopic (exact) mass is 226 g/mol. The minimum Gasteiger partial charge on any atom is -0.502 e. The second kappa shape index (κ2) is 11.8. The van der Waals surface area contributed by atoms with E-state index in [-0.39, 0.29) is 5.97 Å². The van der Waals surface area contributed by atoms with Gasteiger partial charge in [-0.05, 0) is 32.1 Å². The molecule has 0 heterocycles. The highest BCUT2D eigenvalue weighted by atomic mass is 16.5. The van der Waals surface area contributed by atoms with Crippen LogP contribution in [0.25, 0.3) is 0 Å². The molecule has 16 heavy (non-hydrogen) atoms. The van der Waals surface area contributed by atoms with Gasteiger partial charge in [-0.25, -0.2) is 0 Å². The van der Waals surface area contributed by atoms with Gasteiger partial charge in [0.2, 0.25) is 0 Å². The summed E-state index contributed by atoms with van der Waals surface area (Å²) in [5, 5.41) is 0. The van der Waals surface area contributed by atoms with Crippen LogP contribution in [0.15, 0.2) is 25.5 Å². The van der Waals surface area contributed by atoms with Crippen LogP contribution in [-0.4, -0.2) is 19.2 Å². The lowest BCUT2D eigenvalue weighted by atomic mass is 10.2. The fourth-order valence-corrected chi connectivity index (χ4v) is 1.19. The summed E-state index contributed by atoms with van der Waals surface area (Å²) in [5.74, 6) is -0.114. The van der Waals surface area contributed by atoms with Gasteiger partial charge in [0.25, 0.3) is 0 Å². The quantitative estimate of drug-likeness (QED) is 0.235. The predicted molar refractivity (Wildman–Crippen MR) is 65.0 cm³/mol. The second-order valence-electron chi connectivity index (χ2n) is 3.50. The maximum Gasteiger partial charge on any atom is 0.305 e. The normalized spacial score (nSPS) is 9.50. The minimum atomic E-state index is -0.114. The van der Waals surface area contributed by atoms with Crippen LogP contribution in [0, 0.1) is 0 Å². The molecule has 3 nitrogen and oxygen atoms in total. The van der Waals surface area contributed by atoms with E-state index < -0.39 is 0 Å². The van der Waals surface area contributed by atoms with Gasteiger partial charge in [0.1, 0.15) is 0 Å². The van der Waals surface area contributed by atoms with Gasteiger partial charge in [0.15, 0.2) is 0 Å². The molecule has 0 aromatic rings. The molecule has 0 aromatic heterocycles. The first-order valence-electron chi connectivity index (χ1n) is 5.80. The summed E-state index contributed by atoms with van der Waals surface area (Å²) >= 11 is 0. The Labute approximate surface area is 98.1 Å². The number of allylic oxidation sites excluding steroid dienone is 1. The van der Waals surface area contributed by atoms with Crippen molar-refractivity contribution in [3.8, 4) is 0 Å². The Morgan fingerprint density at radius 2 is 1.81 bits per heavy atom. The second-order valence-corrected chi connectivity index (χ2v) is 3.50. The number of unbranched alkanes of at least 4 members (excludes halogenated alkanes) is 3. The van der Waals surface area contributed by atoms with Crippen molar-refractivity contribution in [2.45, 2.75) is 38.5 Å². The molecule has 0 bridgehead atoms. The van der Waals surface area contributed by atoms with Crippen molar-refractivity contribution in [2.75, 3.05) is 13.2 Å². The van der Waals surface area contributed by atoms with Crippen LogP contribution in [0.1, 0.15) is 38.5 Å². The van der Waals surface area contributed by atoms with Crippen molar-refractivity contribution in [1.29, 1.82) is 0 Å². The summed E-state index contributed by atoms with van der Waals surface area (Å²) in [4.78, 5) is 11.2. The molecule has 0 unspecified atom stereocenters. The molecule has 0 fully saturated rings. The Morgan fingerprint density at radius 1 is 1.06 bits per heavy atom. The lowest BCUT2D eigenvalue weighted by Crippen LogP contribution is -2.06. The third kappa shape index (κ3) is 10.8. The molecule has 0 aliphatic rings. The van der Waals surface area contributed by atoms with E-state index in [0.717, 1.165) is 32.1 Å². The Balaban J connectivity index is 3.18. The third-order valence-corrected chi connectivity index (χ3v) is 2.08. The molecule has 3 heteroatoms. The van der Waals surface area contributed by atoms with E-state index in [9.17, 15) is 4.79 Å². The summed E-state index contributed by atoms with van der Waals surface area (Å²) in [6.07, 6.45) is 8.36. The minimum absolute atomic E-state index is 0.114. The molecule has 0 saturated carbocycles. The third-order valence-electron chi connectivity index (χ3n) is 2.08. The van der Waals surface area contributed by atoms with E-state index in [1.807, 2.05) is 6.08 Å². The number of hydrogen-bond acceptors (Lipinski definition) is 3. The summed E-state index contributed by atoms with van der Waals surface area (Å²) in [7, 11) is 0. The molecule has 0 spiro atoms. The number of hydrogen-bond donors (Lipinski definition) is 0. The number of carbonyl (C=O) groups excluding carboxylic acids is 1. The van der Waals surface area contributed by atoms with Gasteiger partial charge in [-0.15, -0.1) is 6.58 Å². The maximum absolute atomic E-state index is 11.2. The number of ether oxygens (including phenoxy) is 2. The largest absolute Gasteiger partial charge is 0.502 e. The smallest absolute Gasteiger partial charge is 0.305 e. The van der Waals surface area contributed by atoms with E-state index in [1.54, 1.807) is 0 Å². The highest BCUT2D eigenvalue weighted by molar-refractivity contribution is 5.69. The van der Waals surface area contributed by atoms with Crippen LogP contribution >= 0.6 is 0 Å². The molecular weight excluding hydrogens is 204 g/mol. The number of rotatable bonds is 11. The van der Waals surface area contributed by atoms with E-state index in [1.165, 1.54) is 6.26 Å². The predicted octanol–water partition coefficient (Wildman–Crippen LogP) is 3.22. The number of esters is 1. The zero-order valence-electron chi connectivity index (χ0n) is 9.95. The van der Waals surface area contributed by atoms with Crippen LogP contribution in [0.4, 0.5) is 0 Å². The lowest BCUT2D eigenvalue weighted by molar-refractivity contribution is -0.143. The van der Waals surface area contributed by atoms with Crippen molar-refractivity contribution >= 4 is 5.97 Å². The molecule has 0 aliphatic heterocycles. The van der Waals surface area contributed by atoms with Crippen molar-refractivity contribution in [1.82, 2.24) is 0 Å². The molecule has 0 amide bonds. The topological polar surface area (TPSA) is 35.5 Å². The van der Waals surface area contributed by atoms with Gasteiger partial charge in [-0.1, -0.05) is 12.7 Å². The first-order chi connectivity index (χ1) is 7.81. The molecule has 0 aromatic carbocycles. The highest BCUT2D eigenvalue weighted by Gasteiger charge is 2.01. The van der Waals surface area contributed by atoms with Gasteiger partial charge in [-0.2, -0.15) is 0 Å². The van der Waals surface area contributed by atoms with Gasteiger partial charge >= 0.3 is 5.97 Å². The maximum atomic E-state index is 11.2. The van der Waals surface area contributed by atoms with Crippen LogP contribution in [0.2, 0.25) is 0 Å². The zero-order chi connectivity index (χ0) is 12.1. The van der Waals surface area contributed by atoms with Crippen LogP contribution in [-0.2, 0) is 14.3 Å². The summed E-state index contributed by atoms with van der Waals surface area (Å²) in [6.45, 7) is 8.21.